The third-order valence-electron chi connectivity index (χ3n) is 4.56. The van der Waals surface area contributed by atoms with Crippen molar-refractivity contribution in [3.63, 3.8) is 0 Å². The maximum absolute atomic E-state index is 12.4. The van der Waals surface area contributed by atoms with Crippen LogP contribution >= 0.6 is 11.3 Å². The Kier molecular flexibility index (Phi) is 7.67. The highest BCUT2D eigenvalue weighted by Crippen LogP contribution is 2.33. The van der Waals surface area contributed by atoms with E-state index in [4.69, 9.17) is 14.2 Å². The van der Waals surface area contributed by atoms with E-state index in [0.717, 1.165) is 16.0 Å². The topological polar surface area (TPSA) is 73.9 Å². The second kappa shape index (κ2) is 10.6. The second-order valence-corrected chi connectivity index (χ2v) is 8.02. The zero-order valence-electron chi connectivity index (χ0n) is 17.8. The fourth-order valence-electron chi connectivity index (χ4n) is 2.85. The van der Waals surface area contributed by atoms with Crippen molar-refractivity contribution in [1.29, 1.82) is 0 Å². The van der Waals surface area contributed by atoms with Crippen molar-refractivity contribution in [2.45, 2.75) is 27.4 Å². The van der Waals surface area contributed by atoms with Crippen molar-refractivity contribution in [3.05, 3.63) is 76.2 Å². The zero-order chi connectivity index (χ0) is 22.2. The highest BCUT2D eigenvalue weighted by atomic mass is 32.1. The lowest BCUT2D eigenvalue weighted by atomic mass is 10.1. The van der Waals surface area contributed by atoms with Gasteiger partial charge < -0.3 is 19.5 Å². The van der Waals surface area contributed by atoms with E-state index in [-0.39, 0.29) is 19.1 Å². The van der Waals surface area contributed by atoms with E-state index in [2.05, 4.69) is 5.32 Å². The Morgan fingerprint density at radius 1 is 0.935 bits per heavy atom. The molecular weight excluding hydrogens is 414 g/mol. The van der Waals surface area contributed by atoms with E-state index < -0.39 is 5.97 Å². The fourth-order valence-corrected chi connectivity index (χ4v) is 3.91. The van der Waals surface area contributed by atoms with Gasteiger partial charge in [-0.25, -0.2) is 4.79 Å². The number of thiophene rings is 1. The van der Waals surface area contributed by atoms with Crippen molar-refractivity contribution in [2.75, 3.05) is 18.5 Å². The van der Waals surface area contributed by atoms with E-state index in [1.165, 1.54) is 11.3 Å². The molecular formula is C24H25NO5S. The molecule has 3 aromatic rings. The molecule has 0 aliphatic rings. The summed E-state index contributed by atoms with van der Waals surface area (Å²) < 4.78 is 16.4. The molecule has 31 heavy (non-hydrogen) atoms. The number of carbonyl (C=O) groups is 2. The van der Waals surface area contributed by atoms with Gasteiger partial charge in [0.2, 0.25) is 0 Å². The summed E-state index contributed by atoms with van der Waals surface area (Å²) in [6, 6.07) is 17.0. The number of hydrogen-bond acceptors (Lipinski definition) is 6. The molecule has 2 aromatic carbocycles. The maximum atomic E-state index is 12.4. The number of hydrogen-bond donors (Lipinski definition) is 1. The summed E-state index contributed by atoms with van der Waals surface area (Å²) in [5.74, 6) is 0.471. The standard InChI is InChI=1S/C24H25NO5S/c1-4-28-24(27)22-16(2)17(3)31-23(22)25-21(26)15-30-20-12-10-19(11-13-20)29-14-18-8-6-5-7-9-18/h5-13H,4,14-15H2,1-3H3,(H,25,26). The van der Waals surface area contributed by atoms with Crippen LogP contribution in [-0.2, 0) is 16.1 Å². The third-order valence-corrected chi connectivity index (χ3v) is 5.68. The van der Waals surface area contributed by atoms with Gasteiger partial charge in [0.1, 0.15) is 23.1 Å². The van der Waals surface area contributed by atoms with Crippen LogP contribution in [0.5, 0.6) is 11.5 Å². The van der Waals surface area contributed by atoms with Gasteiger partial charge in [0.25, 0.3) is 5.91 Å². The Hall–Kier alpha value is -3.32. The minimum Gasteiger partial charge on any atom is -0.489 e. The van der Waals surface area contributed by atoms with Crippen molar-refractivity contribution < 1.29 is 23.8 Å². The molecule has 0 saturated carbocycles. The van der Waals surface area contributed by atoms with Gasteiger partial charge in [-0.3, -0.25) is 4.79 Å². The minimum absolute atomic E-state index is 0.178. The molecule has 0 fully saturated rings. The summed E-state index contributed by atoms with van der Waals surface area (Å²) in [5.41, 5.74) is 2.30. The first-order valence-corrected chi connectivity index (χ1v) is 10.8. The van der Waals surface area contributed by atoms with Crippen LogP contribution < -0.4 is 14.8 Å². The SMILES string of the molecule is CCOC(=O)c1c(NC(=O)COc2ccc(OCc3ccccc3)cc2)sc(C)c1C. The number of benzene rings is 2. The van der Waals surface area contributed by atoms with Gasteiger partial charge in [0.05, 0.1) is 12.2 Å². The molecule has 0 aliphatic carbocycles. The van der Waals surface area contributed by atoms with E-state index in [9.17, 15) is 9.59 Å². The van der Waals surface area contributed by atoms with Crippen LogP contribution in [0.25, 0.3) is 0 Å². The van der Waals surface area contributed by atoms with Crippen LogP contribution in [0.3, 0.4) is 0 Å². The first kappa shape index (κ1) is 22.4. The second-order valence-electron chi connectivity index (χ2n) is 6.79. The molecule has 162 valence electrons. The molecule has 7 heteroatoms. The van der Waals surface area contributed by atoms with Gasteiger partial charge in [-0.1, -0.05) is 30.3 Å². The van der Waals surface area contributed by atoms with Crippen LogP contribution in [-0.4, -0.2) is 25.1 Å². The molecule has 1 N–H and O–H groups in total. The normalized spacial score (nSPS) is 10.4. The van der Waals surface area contributed by atoms with Gasteiger partial charge >= 0.3 is 5.97 Å². The molecule has 3 rings (SSSR count). The highest BCUT2D eigenvalue weighted by molar-refractivity contribution is 7.16. The quantitative estimate of drug-likeness (QED) is 0.468. The van der Waals surface area contributed by atoms with E-state index in [1.54, 1.807) is 31.2 Å². The predicted octanol–water partition coefficient (Wildman–Crippen LogP) is 5.14. The molecule has 0 saturated heterocycles. The zero-order valence-corrected chi connectivity index (χ0v) is 18.6. The van der Waals surface area contributed by atoms with E-state index in [0.29, 0.717) is 28.7 Å². The molecule has 1 amide bonds. The first-order chi connectivity index (χ1) is 15.0. The average Bonchev–Trinajstić information content (AvgIpc) is 3.05. The predicted molar refractivity (Wildman–Crippen MR) is 121 cm³/mol. The van der Waals surface area contributed by atoms with Crippen LogP contribution in [0.1, 0.15) is 33.3 Å². The number of esters is 1. The maximum Gasteiger partial charge on any atom is 0.341 e. The minimum atomic E-state index is -0.438. The van der Waals surface area contributed by atoms with Gasteiger partial charge in [-0.15, -0.1) is 11.3 Å². The van der Waals surface area contributed by atoms with Gasteiger partial charge in [0, 0.05) is 4.88 Å². The summed E-state index contributed by atoms with van der Waals surface area (Å²) in [7, 11) is 0. The Bertz CT molecular complexity index is 1030. The van der Waals surface area contributed by atoms with E-state index in [1.807, 2.05) is 44.2 Å². The highest BCUT2D eigenvalue weighted by Gasteiger charge is 2.22. The van der Waals surface area contributed by atoms with Crippen LogP contribution in [0.15, 0.2) is 54.6 Å². The molecule has 1 heterocycles. The summed E-state index contributed by atoms with van der Waals surface area (Å²) in [6.07, 6.45) is 0. The van der Waals surface area contributed by atoms with Crippen molar-refractivity contribution in [2.24, 2.45) is 0 Å². The Balaban J connectivity index is 1.53. The number of aryl methyl sites for hydroxylation is 1. The summed E-state index contributed by atoms with van der Waals surface area (Å²) in [6.45, 7) is 6.06. The van der Waals surface area contributed by atoms with Crippen molar-refractivity contribution in [1.82, 2.24) is 0 Å². The van der Waals surface area contributed by atoms with Gasteiger partial charge in [-0.2, -0.15) is 0 Å². The van der Waals surface area contributed by atoms with Crippen molar-refractivity contribution in [3.8, 4) is 11.5 Å². The lowest BCUT2D eigenvalue weighted by Gasteiger charge is -2.10. The number of anilines is 1. The van der Waals surface area contributed by atoms with E-state index >= 15 is 0 Å². The third kappa shape index (κ3) is 6.08. The molecule has 0 spiro atoms. The Labute approximate surface area is 185 Å². The lowest BCUT2D eigenvalue weighted by molar-refractivity contribution is -0.118. The van der Waals surface area contributed by atoms with Crippen LogP contribution in [0.4, 0.5) is 5.00 Å². The molecule has 0 bridgehead atoms. The van der Waals surface area contributed by atoms with Gasteiger partial charge in [0.15, 0.2) is 6.61 Å². The van der Waals surface area contributed by atoms with Gasteiger partial charge in [-0.05, 0) is 56.2 Å². The average molecular weight is 440 g/mol. The van der Waals surface area contributed by atoms with Crippen LogP contribution in [0, 0.1) is 13.8 Å². The first-order valence-electron chi connectivity index (χ1n) is 9.94. The summed E-state index contributed by atoms with van der Waals surface area (Å²) in [4.78, 5) is 25.5. The molecule has 1 aromatic heterocycles. The number of amides is 1. The summed E-state index contributed by atoms with van der Waals surface area (Å²) >= 11 is 1.35. The number of ether oxygens (including phenoxy) is 3. The van der Waals surface area contributed by atoms with Crippen molar-refractivity contribution >= 4 is 28.2 Å². The molecule has 0 atom stereocenters. The molecule has 0 unspecified atom stereocenters. The number of rotatable bonds is 9. The largest absolute Gasteiger partial charge is 0.489 e. The lowest BCUT2D eigenvalue weighted by Crippen LogP contribution is -2.21. The molecule has 6 nitrogen and oxygen atoms in total. The smallest absolute Gasteiger partial charge is 0.341 e. The van der Waals surface area contributed by atoms with Crippen LogP contribution in [0.2, 0.25) is 0 Å². The number of carbonyl (C=O) groups excluding carboxylic acids is 2. The molecule has 0 aliphatic heterocycles. The fraction of sp³-hybridized carbons (Fsp3) is 0.250. The molecule has 0 radical (unpaired) electrons. The Morgan fingerprint density at radius 3 is 2.23 bits per heavy atom. The monoisotopic (exact) mass is 439 g/mol. The Morgan fingerprint density at radius 2 is 1.58 bits per heavy atom. The number of nitrogens with one attached hydrogen (secondary N) is 1. The summed E-state index contributed by atoms with van der Waals surface area (Å²) in [5, 5.41) is 3.24.